The van der Waals surface area contributed by atoms with Crippen molar-refractivity contribution in [2.45, 2.75) is 43.9 Å². The van der Waals surface area contributed by atoms with Gasteiger partial charge in [-0.15, -0.1) is 11.8 Å². The van der Waals surface area contributed by atoms with Gasteiger partial charge in [-0.2, -0.15) is 8.78 Å². The minimum atomic E-state index is -3.03. The van der Waals surface area contributed by atoms with Crippen LogP contribution in [-0.4, -0.2) is 71.6 Å². The number of esters is 1. The summed E-state index contributed by atoms with van der Waals surface area (Å²) in [6.07, 6.45) is 4.17. The second-order valence-corrected chi connectivity index (χ2v) is 13.1. The predicted octanol–water partition coefficient (Wildman–Crippen LogP) is 6.88. The number of hydrogen-bond donors (Lipinski definition) is 0. The average molecular weight is 681 g/mol. The Bertz CT molecular complexity index is 1490. The lowest BCUT2D eigenvalue weighted by Crippen LogP contribution is -2.36. The number of aromatic nitrogens is 1. The molecule has 0 N–H and O–H groups in total. The van der Waals surface area contributed by atoms with Crippen molar-refractivity contribution in [2.75, 3.05) is 33.0 Å². The van der Waals surface area contributed by atoms with Gasteiger partial charge in [-0.25, -0.2) is 4.79 Å². The zero-order valence-electron chi connectivity index (χ0n) is 24.8. The van der Waals surface area contributed by atoms with Gasteiger partial charge in [0, 0.05) is 57.3 Å². The molecule has 2 fully saturated rings. The largest absolute Gasteiger partial charge is 0.489 e. The summed E-state index contributed by atoms with van der Waals surface area (Å²) in [7, 11) is 3.40. The van der Waals surface area contributed by atoms with Crippen LogP contribution >= 0.6 is 35.0 Å². The van der Waals surface area contributed by atoms with Crippen LogP contribution < -0.4 is 9.47 Å². The van der Waals surface area contributed by atoms with Crippen LogP contribution in [0.5, 0.6) is 11.5 Å². The van der Waals surface area contributed by atoms with Crippen molar-refractivity contribution >= 4 is 46.8 Å². The van der Waals surface area contributed by atoms with Gasteiger partial charge in [0.25, 0.3) is 5.91 Å². The summed E-state index contributed by atoms with van der Waals surface area (Å²) < 4.78 is 43.1. The maximum Gasteiger partial charge on any atom is 0.387 e. The van der Waals surface area contributed by atoms with Gasteiger partial charge in [0.15, 0.2) is 16.9 Å². The number of ether oxygens (including phenoxy) is 3. The van der Waals surface area contributed by atoms with Crippen molar-refractivity contribution in [1.29, 1.82) is 0 Å². The van der Waals surface area contributed by atoms with Crippen LogP contribution in [0.4, 0.5) is 8.78 Å². The zero-order chi connectivity index (χ0) is 32.1. The van der Waals surface area contributed by atoms with Gasteiger partial charge in [0.2, 0.25) is 0 Å². The number of thioether (sulfide) groups is 1. The Kier molecular flexibility index (Phi) is 11.1. The molecule has 1 amide bonds. The second kappa shape index (κ2) is 15.0. The topological polar surface area (TPSA) is 81.2 Å². The Hall–Kier alpha value is -3.12. The van der Waals surface area contributed by atoms with E-state index in [1.807, 2.05) is 17.0 Å². The zero-order valence-corrected chi connectivity index (χ0v) is 27.1. The first kappa shape index (κ1) is 33.2. The summed E-state index contributed by atoms with van der Waals surface area (Å²) in [5, 5.41) is 0.0185. The first-order valence-corrected chi connectivity index (χ1v) is 16.3. The van der Waals surface area contributed by atoms with Crippen molar-refractivity contribution in [3.8, 4) is 11.5 Å². The normalized spacial score (nSPS) is 17.3. The summed E-state index contributed by atoms with van der Waals surface area (Å²) in [5.74, 6) is 0.580. The molecule has 2 aliphatic rings. The van der Waals surface area contributed by atoms with Crippen LogP contribution in [0, 0.1) is 5.92 Å². The number of pyridine rings is 1. The van der Waals surface area contributed by atoms with Crippen molar-refractivity contribution in [1.82, 2.24) is 14.8 Å². The standard InChI is InChI=1S/C32H33Cl2F2N3O5S/c1-38(2)29(40)21-7-5-19(6-8-21)17-39-11-12-45-30(39)31(41)43-27(14-23-24(33)15-37-16-25(23)34)22-9-10-26(44-32(35)36)28(13-22)42-18-20-3-4-20/h5-10,13,15-16,20,27,30,32H,3-4,11-12,14,17-18H2,1-2H3. The molecule has 5 rings (SSSR count). The van der Waals surface area contributed by atoms with Gasteiger partial charge in [-0.05, 0) is 59.7 Å². The first-order chi connectivity index (χ1) is 21.6. The molecule has 0 spiro atoms. The molecule has 0 bridgehead atoms. The van der Waals surface area contributed by atoms with Crippen molar-refractivity contribution in [3.05, 3.63) is 87.2 Å². The van der Waals surface area contributed by atoms with Crippen molar-refractivity contribution < 1.29 is 32.6 Å². The molecule has 2 unspecified atom stereocenters. The summed E-state index contributed by atoms with van der Waals surface area (Å²) in [4.78, 5) is 33.6. The van der Waals surface area contributed by atoms with Crippen molar-refractivity contribution in [2.24, 2.45) is 5.92 Å². The Balaban J connectivity index is 1.38. The van der Waals surface area contributed by atoms with E-state index in [2.05, 4.69) is 4.98 Å². The third kappa shape index (κ3) is 8.78. The van der Waals surface area contributed by atoms with Gasteiger partial charge in [-0.1, -0.05) is 41.4 Å². The van der Waals surface area contributed by atoms with Gasteiger partial charge in [-0.3, -0.25) is 14.7 Å². The van der Waals surface area contributed by atoms with E-state index in [4.69, 9.17) is 37.4 Å². The molecule has 1 saturated heterocycles. The van der Waals surface area contributed by atoms with Crippen LogP contribution in [0.25, 0.3) is 0 Å². The van der Waals surface area contributed by atoms with Crippen molar-refractivity contribution in [3.63, 3.8) is 0 Å². The van der Waals surface area contributed by atoms with Crippen LogP contribution in [0.15, 0.2) is 54.9 Å². The fraction of sp³-hybridized carbons (Fsp3) is 0.406. The molecule has 3 aromatic rings. The highest BCUT2D eigenvalue weighted by Gasteiger charge is 2.35. The molecule has 8 nitrogen and oxygen atoms in total. The molecule has 1 aromatic heterocycles. The van der Waals surface area contributed by atoms with Gasteiger partial charge < -0.3 is 19.1 Å². The van der Waals surface area contributed by atoms with Gasteiger partial charge in [0.1, 0.15) is 6.10 Å². The maximum atomic E-state index is 13.8. The molecule has 1 saturated carbocycles. The first-order valence-electron chi connectivity index (χ1n) is 14.4. The highest BCUT2D eigenvalue weighted by molar-refractivity contribution is 8.00. The van der Waals surface area contributed by atoms with Crippen LogP contribution in [0.2, 0.25) is 10.0 Å². The minimum Gasteiger partial charge on any atom is -0.489 e. The number of nitrogens with zero attached hydrogens (tertiary/aromatic N) is 3. The molecule has 1 aliphatic heterocycles. The van der Waals surface area contributed by atoms with E-state index in [0.29, 0.717) is 52.3 Å². The monoisotopic (exact) mass is 679 g/mol. The molecule has 2 atom stereocenters. The van der Waals surface area contributed by atoms with Crippen LogP contribution in [0.1, 0.15) is 46.0 Å². The third-order valence-electron chi connectivity index (χ3n) is 7.51. The molecule has 13 heteroatoms. The fourth-order valence-electron chi connectivity index (χ4n) is 4.90. The highest BCUT2D eigenvalue weighted by Crippen LogP contribution is 2.39. The summed E-state index contributed by atoms with van der Waals surface area (Å²) in [6, 6.07) is 11.8. The Labute approximate surface area is 274 Å². The number of amides is 1. The number of rotatable bonds is 13. The second-order valence-electron chi connectivity index (χ2n) is 11.1. The van der Waals surface area contributed by atoms with E-state index in [1.165, 1.54) is 35.1 Å². The number of carbonyl (C=O) groups excluding carboxylic acids is 2. The van der Waals surface area contributed by atoms with E-state index < -0.39 is 24.1 Å². The lowest BCUT2D eigenvalue weighted by Gasteiger charge is -2.26. The molecule has 45 heavy (non-hydrogen) atoms. The maximum absolute atomic E-state index is 13.8. The molecular weight excluding hydrogens is 647 g/mol. The van der Waals surface area contributed by atoms with E-state index in [9.17, 15) is 18.4 Å². The minimum absolute atomic E-state index is 0.0879. The van der Waals surface area contributed by atoms with E-state index in [-0.39, 0.29) is 23.8 Å². The summed E-state index contributed by atoms with van der Waals surface area (Å²) in [6.45, 7) is -1.52. The number of carbonyl (C=O) groups is 2. The lowest BCUT2D eigenvalue weighted by atomic mass is 10.0. The molecule has 0 radical (unpaired) electrons. The third-order valence-corrected chi connectivity index (χ3v) is 9.38. The average Bonchev–Trinajstić information content (AvgIpc) is 3.73. The molecule has 2 heterocycles. The van der Waals surface area contributed by atoms with E-state index in [0.717, 1.165) is 24.2 Å². The van der Waals surface area contributed by atoms with E-state index in [1.54, 1.807) is 38.4 Å². The smallest absolute Gasteiger partial charge is 0.387 e. The Morgan fingerprint density at radius 2 is 1.78 bits per heavy atom. The summed E-state index contributed by atoms with van der Waals surface area (Å²) in [5.41, 5.74) is 2.57. The quantitative estimate of drug-likeness (QED) is 0.181. The van der Waals surface area contributed by atoms with E-state index >= 15 is 0 Å². The lowest BCUT2D eigenvalue weighted by molar-refractivity contribution is -0.152. The fourth-order valence-corrected chi connectivity index (χ4v) is 6.56. The highest BCUT2D eigenvalue weighted by atomic mass is 35.5. The predicted molar refractivity (Wildman–Crippen MR) is 169 cm³/mol. The van der Waals surface area contributed by atoms with Crippen LogP contribution in [-0.2, 0) is 22.5 Å². The molecule has 2 aromatic carbocycles. The van der Waals surface area contributed by atoms with Gasteiger partial charge in [0.05, 0.1) is 16.7 Å². The molecule has 1 aliphatic carbocycles. The Morgan fingerprint density at radius 3 is 2.42 bits per heavy atom. The SMILES string of the molecule is CN(C)C(=O)c1ccc(CN2CCSC2C(=O)OC(Cc2c(Cl)cncc2Cl)c2ccc(OC(F)F)c(OCC3CC3)c2)cc1. The Morgan fingerprint density at radius 1 is 1.07 bits per heavy atom. The number of benzene rings is 2. The van der Waals surface area contributed by atoms with Gasteiger partial charge >= 0.3 is 12.6 Å². The van der Waals surface area contributed by atoms with Crippen LogP contribution in [0.3, 0.4) is 0 Å². The number of alkyl halides is 2. The number of hydrogen-bond acceptors (Lipinski definition) is 8. The summed E-state index contributed by atoms with van der Waals surface area (Å²) >= 11 is 14.4. The molecule has 240 valence electrons. The number of halogens is 4. The molecular formula is C32H33Cl2F2N3O5S.